The Hall–Kier alpha value is -6.97. The number of rotatable bonds is 4. The molecule has 0 aliphatic rings. The molecule has 7 aromatic carbocycles. The molecule has 0 bridgehead atoms. The highest BCUT2D eigenvalue weighted by molar-refractivity contribution is 7.26. The molecule has 2 heterocycles. The smallest absolute Gasteiger partial charge is 0.0992 e. The van der Waals surface area contributed by atoms with Gasteiger partial charge in [0.2, 0.25) is 0 Å². The van der Waals surface area contributed by atoms with Gasteiger partial charge in [-0.1, -0.05) is 66.7 Å². The lowest BCUT2D eigenvalue weighted by Gasteiger charge is -2.14. The number of nitrogens with zero attached hydrogens (tertiary/aromatic N) is 4. The topological polar surface area (TPSA) is 76.3 Å². The summed E-state index contributed by atoms with van der Waals surface area (Å²) in [6, 6.07) is 56.3. The number of hydrogen-bond donors (Lipinski definition) is 0. The summed E-state index contributed by atoms with van der Waals surface area (Å²) < 4.78 is 4.58. The van der Waals surface area contributed by atoms with Crippen molar-refractivity contribution in [2.24, 2.45) is 0 Å². The quantitative estimate of drug-likeness (QED) is 0.190. The molecule has 9 rings (SSSR count). The molecular formula is C45H24N4S. The Kier molecular flexibility index (Phi) is 6.78. The average Bonchev–Trinajstić information content (AvgIpc) is 3.72. The van der Waals surface area contributed by atoms with Crippen molar-refractivity contribution in [1.82, 2.24) is 4.57 Å². The predicted molar refractivity (Wildman–Crippen MR) is 204 cm³/mol. The van der Waals surface area contributed by atoms with Gasteiger partial charge in [0, 0.05) is 42.2 Å². The van der Waals surface area contributed by atoms with Crippen LogP contribution in [0, 0.1) is 34.0 Å². The fourth-order valence-corrected chi connectivity index (χ4v) is 8.34. The number of fused-ring (bicyclic) bond motifs is 6. The largest absolute Gasteiger partial charge is 0.309 e. The highest BCUT2D eigenvalue weighted by Crippen LogP contribution is 2.44. The molecule has 0 saturated heterocycles. The summed E-state index contributed by atoms with van der Waals surface area (Å²) in [5.74, 6) is 0. The molecule has 5 heteroatoms. The summed E-state index contributed by atoms with van der Waals surface area (Å²) >= 11 is 1.80. The van der Waals surface area contributed by atoms with Crippen LogP contribution in [-0.4, -0.2) is 4.57 Å². The van der Waals surface area contributed by atoms with E-state index in [2.05, 4.69) is 114 Å². The van der Waals surface area contributed by atoms with Crippen LogP contribution in [0.1, 0.15) is 16.7 Å². The second kappa shape index (κ2) is 11.6. The monoisotopic (exact) mass is 652 g/mol. The van der Waals surface area contributed by atoms with E-state index in [9.17, 15) is 15.8 Å². The van der Waals surface area contributed by atoms with E-state index < -0.39 is 0 Å². The normalized spacial score (nSPS) is 11.1. The zero-order valence-electron chi connectivity index (χ0n) is 26.6. The van der Waals surface area contributed by atoms with Gasteiger partial charge in [-0.05, 0) is 107 Å². The zero-order valence-corrected chi connectivity index (χ0v) is 27.4. The molecule has 0 amide bonds. The lowest BCUT2D eigenvalue weighted by Crippen LogP contribution is -1.96. The minimum absolute atomic E-state index is 0.540. The molecule has 50 heavy (non-hydrogen) atoms. The molecule has 0 fully saturated rings. The van der Waals surface area contributed by atoms with Gasteiger partial charge in [0.05, 0.1) is 45.9 Å². The lowest BCUT2D eigenvalue weighted by molar-refractivity contribution is 1.18. The summed E-state index contributed by atoms with van der Waals surface area (Å²) in [4.78, 5) is 0. The Bertz CT molecular complexity index is 2890. The molecule has 0 atom stereocenters. The maximum absolute atomic E-state index is 10.3. The highest BCUT2D eigenvalue weighted by atomic mass is 32.1. The van der Waals surface area contributed by atoms with Crippen LogP contribution in [0.25, 0.3) is 81.0 Å². The molecule has 0 saturated carbocycles. The lowest BCUT2D eigenvalue weighted by atomic mass is 9.93. The van der Waals surface area contributed by atoms with E-state index in [-0.39, 0.29) is 0 Å². The highest BCUT2D eigenvalue weighted by Gasteiger charge is 2.18. The van der Waals surface area contributed by atoms with Crippen LogP contribution in [0.4, 0.5) is 0 Å². The van der Waals surface area contributed by atoms with Gasteiger partial charge in [-0.3, -0.25) is 0 Å². The van der Waals surface area contributed by atoms with E-state index in [1.165, 1.54) is 25.7 Å². The molecule has 2 aromatic heterocycles. The van der Waals surface area contributed by atoms with Gasteiger partial charge < -0.3 is 4.57 Å². The van der Waals surface area contributed by atoms with E-state index in [1.807, 2.05) is 54.6 Å². The van der Waals surface area contributed by atoms with Crippen molar-refractivity contribution in [2.45, 2.75) is 0 Å². The summed E-state index contributed by atoms with van der Waals surface area (Å²) in [5, 5.41) is 33.8. The Morgan fingerprint density at radius 1 is 0.420 bits per heavy atom. The van der Waals surface area contributed by atoms with E-state index in [1.54, 1.807) is 11.3 Å². The summed E-state index contributed by atoms with van der Waals surface area (Å²) in [6.07, 6.45) is 0. The summed E-state index contributed by atoms with van der Waals surface area (Å²) in [6.45, 7) is 0. The van der Waals surface area contributed by atoms with Crippen LogP contribution in [0.2, 0.25) is 0 Å². The number of thiophene rings is 1. The average molecular weight is 653 g/mol. The van der Waals surface area contributed by atoms with Crippen molar-refractivity contribution >= 4 is 53.3 Å². The minimum atomic E-state index is 0.540. The van der Waals surface area contributed by atoms with Gasteiger partial charge in [-0.2, -0.15) is 15.8 Å². The van der Waals surface area contributed by atoms with E-state index in [4.69, 9.17) is 0 Å². The van der Waals surface area contributed by atoms with Crippen LogP contribution in [-0.2, 0) is 0 Å². The summed E-state index contributed by atoms with van der Waals surface area (Å²) in [5.41, 5.74) is 10.8. The van der Waals surface area contributed by atoms with Crippen molar-refractivity contribution in [3.05, 3.63) is 162 Å². The molecule has 0 unspecified atom stereocenters. The predicted octanol–water partition coefficient (Wildman–Crippen LogP) is 11.8. The number of nitriles is 3. The Balaban J connectivity index is 1.31. The van der Waals surface area contributed by atoms with Crippen molar-refractivity contribution in [1.29, 1.82) is 15.8 Å². The fourth-order valence-electron chi connectivity index (χ4n) is 7.12. The van der Waals surface area contributed by atoms with Crippen LogP contribution < -0.4 is 0 Å². The molecule has 0 aliphatic carbocycles. The number of hydrogen-bond acceptors (Lipinski definition) is 4. The minimum Gasteiger partial charge on any atom is -0.309 e. The zero-order chi connectivity index (χ0) is 33.8. The van der Waals surface area contributed by atoms with E-state index in [0.29, 0.717) is 16.7 Å². The number of aromatic nitrogens is 1. The van der Waals surface area contributed by atoms with Crippen LogP contribution in [0.3, 0.4) is 0 Å². The second-order valence-electron chi connectivity index (χ2n) is 12.3. The van der Waals surface area contributed by atoms with Crippen molar-refractivity contribution < 1.29 is 0 Å². The van der Waals surface area contributed by atoms with Crippen LogP contribution in [0.15, 0.2) is 146 Å². The first-order chi connectivity index (χ1) is 24.6. The van der Waals surface area contributed by atoms with Gasteiger partial charge in [0.1, 0.15) is 0 Å². The SMILES string of the molecule is N#Cc1cc(-c2cc(-c3cccc(-c4ccccc4)c3)c3sc4ccccc4c3c2)cc(-n2c3ccc(C#N)cc3c3cc(C#N)ccc32)c1. The third kappa shape index (κ3) is 4.72. The molecule has 0 N–H and O–H groups in total. The Morgan fingerprint density at radius 2 is 1.06 bits per heavy atom. The fraction of sp³-hybridized carbons (Fsp3) is 0. The van der Waals surface area contributed by atoms with Gasteiger partial charge in [0.15, 0.2) is 0 Å². The number of benzene rings is 7. The third-order valence-electron chi connectivity index (χ3n) is 9.42. The van der Waals surface area contributed by atoms with E-state index in [0.717, 1.165) is 55.3 Å². The van der Waals surface area contributed by atoms with Crippen molar-refractivity contribution in [3.63, 3.8) is 0 Å². The maximum atomic E-state index is 10.3. The molecular weight excluding hydrogens is 629 g/mol. The maximum Gasteiger partial charge on any atom is 0.0992 e. The third-order valence-corrected chi connectivity index (χ3v) is 10.6. The van der Waals surface area contributed by atoms with Crippen LogP contribution in [0.5, 0.6) is 0 Å². The molecule has 0 radical (unpaired) electrons. The Labute approximate surface area is 292 Å². The first-order valence-corrected chi connectivity index (χ1v) is 17.0. The summed E-state index contributed by atoms with van der Waals surface area (Å²) in [7, 11) is 0. The standard InChI is InChI=1S/C45H24N4S/c46-25-28-13-15-42-39(19-28)40-20-29(26-47)14-16-43(40)49(42)36-18-30(27-48)17-34(22-36)35-23-38(45-41(24-35)37-11-4-5-12-44(37)50-45)33-10-6-9-32(21-33)31-7-2-1-3-8-31/h1-24H. The molecule has 9 aromatic rings. The van der Waals surface area contributed by atoms with Crippen molar-refractivity contribution in [2.75, 3.05) is 0 Å². The molecule has 0 spiro atoms. The van der Waals surface area contributed by atoms with Gasteiger partial charge in [0.25, 0.3) is 0 Å². The first kappa shape index (κ1) is 29.2. The molecule has 4 nitrogen and oxygen atoms in total. The van der Waals surface area contributed by atoms with Crippen molar-refractivity contribution in [3.8, 4) is 57.3 Å². The first-order valence-electron chi connectivity index (χ1n) is 16.2. The molecule has 230 valence electrons. The Morgan fingerprint density at radius 3 is 1.78 bits per heavy atom. The molecule has 0 aliphatic heterocycles. The second-order valence-corrected chi connectivity index (χ2v) is 13.4. The van der Waals surface area contributed by atoms with Crippen LogP contribution >= 0.6 is 11.3 Å². The van der Waals surface area contributed by atoms with Gasteiger partial charge >= 0.3 is 0 Å². The van der Waals surface area contributed by atoms with Gasteiger partial charge in [-0.25, -0.2) is 0 Å². The van der Waals surface area contributed by atoms with Gasteiger partial charge in [-0.15, -0.1) is 11.3 Å². The van der Waals surface area contributed by atoms with E-state index >= 15 is 0 Å².